The van der Waals surface area contributed by atoms with Crippen molar-refractivity contribution in [1.82, 2.24) is 10.2 Å². The number of carbonyl (C=O) groups is 3. The lowest BCUT2D eigenvalue weighted by Crippen LogP contribution is -2.30. The van der Waals surface area contributed by atoms with Gasteiger partial charge < -0.3 is 15.3 Å². The average Bonchev–Trinajstić information content (AvgIpc) is 3.37. The van der Waals surface area contributed by atoms with Gasteiger partial charge in [-0.05, 0) is 44.4 Å². The van der Waals surface area contributed by atoms with Gasteiger partial charge in [0.15, 0.2) is 0 Å². The van der Waals surface area contributed by atoms with Crippen molar-refractivity contribution in [2.45, 2.75) is 109 Å². The van der Waals surface area contributed by atoms with Crippen molar-refractivity contribution in [1.29, 1.82) is 0 Å². The van der Waals surface area contributed by atoms with Gasteiger partial charge in [-0.3, -0.25) is 14.4 Å². The summed E-state index contributed by atoms with van der Waals surface area (Å²) >= 11 is 0. The number of amides is 2. The number of nitrogens with one attached hydrogen (secondary N) is 1. The zero-order chi connectivity index (χ0) is 23.9. The molecule has 0 radical (unpaired) electrons. The van der Waals surface area contributed by atoms with Gasteiger partial charge >= 0.3 is 0 Å². The van der Waals surface area contributed by atoms with E-state index in [1.165, 1.54) is 0 Å². The van der Waals surface area contributed by atoms with E-state index in [-0.39, 0.29) is 29.8 Å². The predicted molar refractivity (Wildman–Crippen MR) is 132 cm³/mol. The number of hydrogen-bond donors (Lipinski definition) is 2. The highest BCUT2D eigenvalue weighted by Crippen LogP contribution is 2.34. The monoisotopic (exact) mass is 462 g/mol. The SMILES string of the molecule is CCCCC[C@@H](O)/C=C/[C@H]1CCC(=O)[C@@H]1CCCCCCC(=O)NCCCN1CCCC1=O. The first-order chi connectivity index (χ1) is 16.0. The zero-order valence-electron chi connectivity index (χ0n) is 20.7. The number of Topliss-reactive ketones (excluding diaryl/α,β-unsaturated/α-hetero) is 1. The number of unbranched alkanes of at least 4 members (excludes halogenated alkanes) is 5. The fraction of sp³-hybridized carbons (Fsp3) is 0.815. The molecule has 2 amide bonds. The Kier molecular flexibility index (Phi) is 13.4. The van der Waals surface area contributed by atoms with Crippen LogP contribution in [-0.2, 0) is 14.4 Å². The first kappa shape index (κ1) is 27.6. The molecule has 0 aromatic heterocycles. The third-order valence-corrected chi connectivity index (χ3v) is 7.11. The van der Waals surface area contributed by atoms with Crippen molar-refractivity contribution in [2.75, 3.05) is 19.6 Å². The minimum Gasteiger partial charge on any atom is -0.389 e. The lowest BCUT2D eigenvalue weighted by Gasteiger charge is -2.16. The van der Waals surface area contributed by atoms with Crippen molar-refractivity contribution < 1.29 is 19.5 Å². The van der Waals surface area contributed by atoms with Crippen LogP contribution in [0.4, 0.5) is 0 Å². The van der Waals surface area contributed by atoms with Crippen LogP contribution < -0.4 is 5.32 Å². The molecule has 3 atom stereocenters. The topological polar surface area (TPSA) is 86.7 Å². The van der Waals surface area contributed by atoms with Gasteiger partial charge in [0.1, 0.15) is 5.78 Å². The summed E-state index contributed by atoms with van der Waals surface area (Å²) in [5.74, 6) is 1.09. The first-order valence-electron chi connectivity index (χ1n) is 13.4. The molecule has 1 saturated heterocycles. The van der Waals surface area contributed by atoms with E-state index >= 15 is 0 Å². The Morgan fingerprint density at radius 3 is 2.70 bits per heavy atom. The number of rotatable bonds is 17. The summed E-state index contributed by atoms with van der Waals surface area (Å²) in [5.41, 5.74) is 0. The molecule has 2 N–H and O–H groups in total. The van der Waals surface area contributed by atoms with E-state index < -0.39 is 0 Å². The van der Waals surface area contributed by atoms with Gasteiger partial charge in [0.05, 0.1) is 6.10 Å². The maximum absolute atomic E-state index is 12.3. The van der Waals surface area contributed by atoms with Crippen LogP contribution in [0.3, 0.4) is 0 Å². The summed E-state index contributed by atoms with van der Waals surface area (Å²) in [4.78, 5) is 37.7. The van der Waals surface area contributed by atoms with E-state index in [0.29, 0.717) is 31.6 Å². The number of nitrogens with zero attached hydrogens (tertiary/aromatic N) is 1. The van der Waals surface area contributed by atoms with Crippen LogP contribution in [0.25, 0.3) is 0 Å². The number of ketones is 1. The highest BCUT2D eigenvalue weighted by molar-refractivity contribution is 5.83. The summed E-state index contributed by atoms with van der Waals surface area (Å²) in [5, 5.41) is 13.1. The molecule has 6 heteroatoms. The number of hydrogen-bond acceptors (Lipinski definition) is 4. The lowest BCUT2D eigenvalue weighted by molar-refractivity contribution is -0.127. The fourth-order valence-electron chi connectivity index (χ4n) is 5.04. The molecule has 1 heterocycles. The van der Waals surface area contributed by atoms with Gasteiger partial charge in [0, 0.05) is 44.8 Å². The van der Waals surface area contributed by atoms with E-state index in [0.717, 1.165) is 90.1 Å². The second-order valence-electron chi connectivity index (χ2n) is 9.86. The van der Waals surface area contributed by atoms with Gasteiger partial charge in [-0.25, -0.2) is 0 Å². The standard InChI is InChI=1S/C27H46N2O4/c1-2-3-6-11-23(30)17-15-22-16-18-25(31)24(22)12-7-4-5-8-13-26(32)28-19-10-21-29-20-9-14-27(29)33/h15,17,22-24,30H,2-14,16,18-21H2,1H3,(H,28,32)/b17-15+/t22-,23+,24+/m0/s1. The summed E-state index contributed by atoms with van der Waals surface area (Å²) in [7, 11) is 0. The number of aliphatic hydroxyl groups excluding tert-OH is 1. The van der Waals surface area contributed by atoms with Crippen LogP contribution in [0.1, 0.15) is 103 Å². The minimum absolute atomic E-state index is 0.0939. The van der Waals surface area contributed by atoms with E-state index in [9.17, 15) is 19.5 Å². The third kappa shape index (κ3) is 10.9. The maximum atomic E-state index is 12.3. The normalized spacial score (nSPS) is 21.9. The minimum atomic E-state index is -0.387. The van der Waals surface area contributed by atoms with Gasteiger partial charge in [-0.2, -0.15) is 0 Å². The Labute approximate surface area is 200 Å². The summed E-state index contributed by atoms with van der Waals surface area (Å²) < 4.78 is 0. The average molecular weight is 463 g/mol. The molecule has 0 unspecified atom stereocenters. The lowest BCUT2D eigenvalue weighted by atomic mass is 9.89. The van der Waals surface area contributed by atoms with Crippen LogP contribution in [0.2, 0.25) is 0 Å². The number of likely N-dealkylation sites (tertiary alicyclic amines) is 1. The number of carbonyl (C=O) groups excluding carboxylic acids is 3. The highest BCUT2D eigenvalue weighted by Gasteiger charge is 2.32. The van der Waals surface area contributed by atoms with Gasteiger partial charge in [0.2, 0.25) is 11.8 Å². The van der Waals surface area contributed by atoms with Crippen molar-refractivity contribution in [3.63, 3.8) is 0 Å². The highest BCUT2D eigenvalue weighted by atomic mass is 16.3. The molecule has 1 aliphatic carbocycles. The van der Waals surface area contributed by atoms with E-state index in [1.807, 2.05) is 11.0 Å². The van der Waals surface area contributed by atoms with Gasteiger partial charge in [-0.15, -0.1) is 0 Å². The summed E-state index contributed by atoms with van der Waals surface area (Å²) in [6, 6.07) is 0. The Balaban J connectivity index is 1.51. The Bertz CT molecular complexity index is 634. The van der Waals surface area contributed by atoms with Gasteiger partial charge in [-0.1, -0.05) is 57.6 Å². The molecule has 0 spiro atoms. The van der Waals surface area contributed by atoms with Crippen molar-refractivity contribution in [3.05, 3.63) is 12.2 Å². The van der Waals surface area contributed by atoms with Crippen molar-refractivity contribution >= 4 is 17.6 Å². The van der Waals surface area contributed by atoms with Crippen LogP contribution in [0.15, 0.2) is 12.2 Å². The van der Waals surface area contributed by atoms with E-state index in [1.54, 1.807) is 0 Å². The van der Waals surface area contributed by atoms with Crippen molar-refractivity contribution in [3.8, 4) is 0 Å². The maximum Gasteiger partial charge on any atom is 0.222 e. The molecule has 2 fully saturated rings. The number of aliphatic hydroxyl groups is 1. The summed E-state index contributed by atoms with van der Waals surface area (Å²) in [6.45, 7) is 4.40. The Morgan fingerprint density at radius 2 is 1.94 bits per heavy atom. The Hall–Kier alpha value is -1.69. The molecule has 0 bridgehead atoms. The van der Waals surface area contributed by atoms with Crippen LogP contribution in [-0.4, -0.2) is 53.3 Å². The fourth-order valence-corrected chi connectivity index (χ4v) is 5.04. The molecule has 2 rings (SSSR count). The number of allylic oxidation sites excluding steroid dienone is 1. The van der Waals surface area contributed by atoms with Crippen LogP contribution in [0, 0.1) is 11.8 Å². The quantitative estimate of drug-likeness (QED) is 0.245. The molecule has 0 aromatic carbocycles. The molecule has 33 heavy (non-hydrogen) atoms. The van der Waals surface area contributed by atoms with E-state index in [4.69, 9.17) is 0 Å². The molecule has 1 saturated carbocycles. The molecule has 6 nitrogen and oxygen atoms in total. The molecular formula is C27H46N2O4. The summed E-state index contributed by atoms with van der Waals surface area (Å²) in [6.07, 6.45) is 17.2. The Morgan fingerprint density at radius 1 is 1.12 bits per heavy atom. The van der Waals surface area contributed by atoms with Gasteiger partial charge in [0.25, 0.3) is 0 Å². The largest absolute Gasteiger partial charge is 0.389 e. The van der Waals surface area contributed by atoms with E-state index in [2.05, 4.69) is 18.3 Å². The molecular weight excluding hydrogens is 416 g/mol. The smallest absolute Gasteiger partial charge is 0.222 e. The van der Waals surface area contributed by atoms with Crippen molar-refractivity contribution in [2.24, 2.45) is 11.8 Å². The van der Waals surface area contributed by atoms with Crippen LogP contribution >= 0.6 is 0 Å². The first-order valence-corrected chi connectivity index (χ1v) is 13.4. The molecule has 188 valence electrons. The third-order valence-electron chi connectivity index (χ3n) is 7.11. The molecule has 1 aliphatic heterocycles. The molecule has 2 aliphatic rings. The second-order valence-corrected chi connectivity index (χ2v) is 9.86. The van der Waals surface area contributed by atoms with Crippen LogP contribution in [0.5, 0.6) is 0 Å². The zero-order valence-corrected chi connectivity index (χ0v) is 20.7. The second kappa shape index (κ2) is 16.0. The molecule has 0 aromatic rings. The predicted octanol–water partition coefficient (Wildman–Crippen LogP) is 4.55.